The van der Waals surface area contributed by atoms with E-state index in [0.29, 0.717) is 25.9 Å². The summed E-state index contributed by atoms with van der Waals surface area (Å²) in [7, 11) is -0.651. The number of rotatable bonds is 7. The van der Waals surface area contributed by atoms with Crippen molar-refractivity contribution < 1.29 is 22.4 Å². The fourth-order valence-corrected chi connectivity index (χ4v) is 2.36. The van der Waals surface area contributed by atoms with Gasteiger partial charge in [-0.25, -0.2) is 8.42 Å². The first kappa shape index (κ1) is 13.9. The molecule has 0 fully saturated rings. The molecule has 0 aliphatic carbocycles. The number of methoxy groups -OCH3 is 1. The summed E-state index contributed by atoms with van der Waals surface area (Å²) in [4.78, 5) is 10.4. The van der Waals surface area contributed by atoms with Crippen LogP contribution in [0.4, 0.5) is 0 Å². The third kappa shape index (κ3) is 3.39. The Hall–Kier alpha value is -1.18. The highest BCUT2D eigenvalue weighted by molar-refractivity contribution is 7.89. The Morgan fingerprint density at radius 3 is 2.71 bits per heavy atom. The van der Waals surface area contributed by atoms with Gasteiger partial charge in [-0.2, -0.15) is 4.31 Å². The van der Waals surface area contributed by atoms with E-state index in [0.717, 1.165) is 0 Å². The average molecular weight is 261 g/mol. The molecule has 0 aromatic carbocycles. The molecule has 1 rings (SSSR count). The van der Waals surface area contributed by atoms with Gasteiger partial charge >= 0.3 is 0 Å². The number of carbonyl (C=O) groups is 1. The third-order valence-corrected chi connectivity index (χ3v) is 3.94. The predicted molar refractivity (Wildman–Crippen MR) is 60.4 cm³/mol. The van der Waals surface area contributed by atoms with E-state index in [1.54, 1.807) is 7.11 Å². The lowest BCUT2D eigenvalue weighted by Crippen LogP contribution is -2.28. The van der Waals surface area contributed by atoms with Gasteiger partial charge in [-0.3, -0.25) is 4.79 Å². The predicted octanol–water partition coefficient (Wildman–Crippen LogP) is 0.749. The molecule has 6 nitrogen and oxygen atoms in total. The Labute approximate surface area is 100 Å². The van der Waals surface area contributed by atoms with E-state index in [9.17, 15) is 13.2 Å². The number of furan rings is 1. The highest BCUT2D eigenvalue weighted by Gasteiger charge is 2.24. The molecule has 17 heavy (non-hydrogen) atoms. The van der Waals surface area contributed by atoms with Gasteiger partial charge in [-0.15, -0.1) is 0 Å². The molecular formula is C10H15NO5S. The summed E-state index contributed by atoms with van der Waals surface area (Å²) < 4.78 is 34.8. The van der Waals surface area contributed by atoms with E-state index in [-0.39, 0.29) is 10.9 Å². The molecule has 0 saturated heterocycles. The van der Waals surface area contributed by atoms with Gasteiger partial charge in [0.25, 0.3) is 10.0 Å². The first-order valence-electron chi connectivity index (χ1n) is 5.02. The van der Waals surface area contributed by atoms with Crippen molar-refractivity contribution in [2.75, 3.05) is 27.3 Å². The highest BCUT2D eigenvalue weighted by Crippen LogP contribution is 2.16. The summed E-state index contributed by atoms with van der Waals surface area (Å²) in [5, 5.41) is -0.223. The van der Waals surface area contributed by atoms with Gasteiger partial charge in [0, 0.05) is 27.3 Å². The third-order valence-electron chi connectivity index (χ3n) is 2.20. The van der Waals surface area contributed by atoms with Crippen LogP contribution < -0.4 is 0 Å². The standard InChI is InChI=1S/C10H15NO5S/c1-11(6-3-7-15-2)17(13,14)10-5-4-9(8-12)16-10/h4-5,8H,3,6-7H2,1-2H3. The van der Waals surface area contributed by atoms with Crippen LogP contribution in [0.25, 0.3) is 0 Å². The molecule has 0 saturated carbocycles. The first-order valence-corrected chi connectivity index (χ1v) is 6.46. The number of ether oxygens (including phenoxy) is 1. The molecule has 0 N–H and O–H groups in total. The van der Waals surface area contributed by atoms with Crippen LogP contribution in [0.1, 0.15) is 17.0 Å². The summed E-state index contributed by atoms with van der Waals surface area (Å²) in [5.74, 6) is -0.00568. The average Bonchev–Trinajstić information content (AvgIpc) is 2.78. The lowest BCUT2D eigenvalue weighted by molar-refractivity contribution is 0.109. The van der Waals surface area contributed by atoms with Crippen LogP contribution in [-0.4, -0.2) is 46.3 Å². The number of hydrogen-bond acceptors (Lipinski definition) is 5. The molecule has 0 bridgehead atoms. The monoisotopic (exact) mass is 261 g/mol. The second-order valence-electron chi connectivity index (χ2n) is 3.45. The Morgan fingerprint density at radius 2 is 2.18 bits per heavy atom. The largest absolute Gasteiger partial charge is 0.440 e. The minimum absolute atomic E-state index is 0.00568. The van der Waals surface area contributed by atoms with Crippen LogP contribution in [0.2, 0.25) is 0 Å². The summed E-state index contributed by atoms with van der Waals surface area (Å²) in [6, 6.07) is 2.59. The molecule has 96 valence electrons. The normalized spacial score (nSPS) is 11.9. The molecule has 0 aliphatic rings. The fourth-order valence-electron chi connectivity index (χ4n) is 1.24. The van der Waals surface area contributed by atoms with E-state index < -0.39 is 10.0 Å². The van der Waals surface area contributed by atoms with E-state index in [1.165, 1.54) is 23.5 Å². The van der Waals surface area contributed by atoms with Crippen molar-refractivity contribution in [3.63, 3.8) is 0 Å². The SMILES string of the molecule is COCCCN(C)S(=O)(=O)c1ccc(C=O)o1. The Morgan fingerprint density at radius 1 is 1.47 bits per heavy atom. The van der Waals surface area contributed by atoms with Crippen LogP contribution in [-0.2, 0) is 14.8 Å². The van der Waals surface area contributed by atoms with Crippen LogP contribution in [0.3, 0.4) is 0 Å². The molecule has 0 radical (unpaired) electrons. The minimum atomic E-state index is -3.66. The summed E-state index contributed by atoms with van der Waals surface area (Å²) in [6.07, 6.45) is 1.05. The minimum Gasteiger partial charge on any atom is -0.440 e. The van der Waals surface area contributed by atoms with Crippen molar-refractivity contribution in [3.05, 3.63) is 17.9 Å². The Kier molecular flexibility index (Phi) is 4.86. The van der Waals surface area contributed by atoms with Crippen molar-refractivity contribution in [3.8, 4) is 0 Å². The smallest absolute Gasteiger partial charge is 0.276 e. The van der Waals surface area contributed by atoms with Crippen molar-refractivity contribution in [1.82, 2.24) is 4.31 Å². The Bertz CT molecular complexity index is 465. The molecule has 0 atom stereocenters. The van der Waals surface area contributed by atoms with Gasteiger partial charge in [-0.05, 0) is 18.6 Å². The van der Waals surface area contributed by atoms with E-state index >= 15 is 0 Å². The molecule has 0 unspecified atom stereocenters. The molecule has 0 amide bonds. The van der Waals surface area contributed by atoms with Crippen molar-refractivity contribution in [2.24, 2.45) is 0 Å². The van der Waals surface area contributed by atoms with Crippen molar-refractivity contribution in [2.45, 2.75) is 11.5 Å². The van der Waals surface area contributed by atoms with E-state index in [4.69, 9.17) is 9.15 Å². The molecule has 1 aromatic heterocycles. The zero-order valence-electron chi connectivity index (χ0n) is 9.75. The van der Waals surface area contributed by atoms with Crippen LogP contribution >= 0.6 is 0 Å². The molecule has 7 heteroatoms. The highest BCUT2D eigenvalue weighted by atomic mass is 32.2. The summed E-state index contributed by atoms with van der Waals surface area (Å²) in [5.41, 5.74) is 0. The number of aldehydes is 1. The Balaban J connectivity index is 2.76. The zero-order valence-corrected chi connectivity index (χ0v) is 10.6. The van der Waals surface area contributed by atoms with Crippen LogP contribution in [0, 0.1) is 0 Å². The second kappa shape index (κ2) is 5.95. The van der Waals surface area contributed by atoms with Crippen molar-refractivity contribution in [1.29, 1.82) is 0 Å². The van der Waals surface area contributed by atoms with Gasteiger partial charge in [0.2, 0.25) is 5.09 Å². The molecular weight excluding hydrogens is 246 g/mol. The maximum atomic E-state index is 11.9. The fraction of sp³-hybridized carbons (Fsp3) is 0.500. The van der Waals surface area contributed by atoms with Gasteiger partial charge in [0.05, 0.1) is 0 Å². The number of sulfonamides is 1. The lowest BCUT2D eigenvalue weighted by Gasteiger charge is -2.14. The van der Waals surface area contributed by atoms with E-state index in [2.05, 4.69) is 0 Å². The zero-order chi connectivity index (χ0) is 12.9. The van der Waals surface area contributed by atoms with Crippen LogP contribution in [0.5, 0.6) is 0 Å². The maximum Gasteiger partial charge on any atom is 0.276 e. The van der Waals surface area contributed by atoms with E-state index in [1.807, 2.05) is 0 Å². The van der Waals surface area contributed by atoms with Crippen molar-refractivity contribution >= 4 is 16.3 Å². The van der Waals surface area contributed by atoms with Crippen LogP contribution in [0.15, 0.2) is 21.6 Å². The molecule has 0 spiro atoms. The topological polar surface area (TPSA) is 76.8 Å². The molecule has 0 aliphatic heterocycles. The van der Waals surface area contributed by atoms with Gasteiger partial charge in [0.1, 0.15) is 0 Å². The molecule has 1 aromatic rings. The number of hydrogen-bond donors (Lipinski definition) is 0. The maximum absolute atomic E-state index is 11.9. The molecule has 1 heterocycles. The number of nitrogens with zero attached hydrogens (tertiary/aromatic N) is 1. The summed E-state index contributed by atoms with van der Waals surface area (Å²) in [6.45, 7) is 0.810. The number of carbonyl (C=O) groups excluding carboxylic acids is 1. The van der Waals surface area contributed by atoms with Gasteiger partial charge < -0.3 is 9.15 Å². The first-order chi connectivity index (χ1) is 8.02. The summed E-state index contributed by atoms with van der Waals surface area (Å²) >= 11 is 0. The quantitative estimate of drug-likeness (QED) is 0.534. The second-order valence-corrected chi connectivity index (χ2v) is 5.42. The lowest BCUT2D eigenvalue weighted by atomic mass is 10.5. The van der Waals surface area contributed by atoms with Gasteiger partial charge in [-0.1, -0.05) is 0 Å². The van der Waals surface area contributed by atoms with Gasteiger partial charge in [0.15, 0.2) is 12.0 Å².